The van der Waals surface area contributed by atoms with Crippen LogP contribution in [0, 0.1) is 5.82 Å². The molecule has 0 N–H and O–H groups in total. The van der Waals surface area contributed by atoms with Crippen LogP contribution in [0.5, 0.6) is 5.75 Å². The highest BCUT2D eigenvalue weighted by Gasteiger charge is 2.12. The lowest BCUT2D eigenvalue weighted by molar-refractivity contribution is 0.466. The lowest BCUT2D eigenvalue weighted by Gasteiger charge is -2.05. The third-order valence-corrected chi connectivity index (χ3v) is 2.54. The van der Waals surface area contributed by atoms with E-state index in [2.05, 4.69) is 16.8 Å². The first kappa shape index (κ1) is 11.6. The number of thiol groups is 1. The maximum absolute atomic E-state index is 13.1. The minimum absolute atomic E-state index is 0.0895. The monoisotopic (exact) mass is 256 g/mol. The first-order valence-corrected chi connectivity index (χ1v) is 6.01. The second-order valence-corrected chi connectivity index (χ2v) is 4.99. The van der Waals surface area contributed by atoms with Crippen molar-refractivity contribution < 1.29 is 17.0 Å². The topological polar surface area (TPSA) is 43.4 Å². The van der Waals surface area contributed by atoms with Gasteiger partial charge in [-0.15, -0.1) is 12.6 Å². The van der Waals surface area contributed by atoms with Gasteiger partial charge >= 0.3 is 10.1 Å². The molecule has 0 heterocycles. The second kappa shape index (κ2) is 3.96. The smallest absolute Gasteiger partial charge is 0.306 e. The molecule has 1 aromatic carbocycles. The van der Waals surface area contributed by atoms with Crippen molar-refractivity contribution in [1.82, 2.24) is 0 Å². The molecule has 3 nitrogen and oxygen atoms in total. The van der Waals surface area contributed by atoms with Gasteiger partial charge in [-0.2, -0.15) is 8.42 Å². The second-order valence-electron chi connectivity index (χ2n) is 2.52. The Balaban J connectivity index is 3.17. The van der Waals surface area contributed by atoms with Crippen LogP contribution in [0.4, 0.5) is 4.39 Å². The predicted octanol–water partition coefficient (Wildman–Crippen LogP) is 2.11. The third kappa shape index (κ3) is 3.04. The molecule has 1 rings (SSSR count). The van der Waals surface area contributed by atoms with Crippen LogP contribution in [-0.2, 0) is 10.1 Å². The fourth-order valence-corrected chi connectivity index (χ4v) is 1.53. The molecule has 0 bridgehead atoms. The van der Waals surface area contributed by atoms with Gasteiger partial charge in [-0.1, -0.05) is 11.6 Å². The van der Waals surface area contributed by atoms with Gasteiger partial charge in [-0.25, -0.2) is 4.39 Å². The van der Waals surface area contributed by atoms with E-state index in [1.807, 2.05) is 0 Å². The Morgan fingerprint density at radius 2 is 2.07 bits per heavy atom. The summed E-state index contributed by atoms with van der Waals surface area (Å²) in [5.41, 5.74) is 0. The molecule has 0 aliphatic rings. The van der Waals surface area contributed by atoms with Crippen molar-refractivity contribution in [3.8, 4) is 5.75 Å². The van der Waals surface area contributed by atoms with Gasteiger partial charge in [0.2, 0.25) is 0 Å². The average molecular weight is 257 g/mol. The highest BCUT2D eigenvalue weighted by atomic mass is 35.5. The van der Waals surface area contributed by atoms with E-state index in [0.29, 0.717) is 0 Å². The van der Waals surface area contributed by atoms with E-state index in [-0.39, 0.29) is 9.92 Å². The summed E-state index contributed by atoms with van der Waals surface area (Å²) in [6.07, 6.45) is 0.819. The number of rotatable bonds is 2. The summed E-state index contributed by atoms with van der Waals surface area (Å²) in [7, 11) is -3.75. The molecule has 0 aromatic heterocycles. The molecule has 7 heteroatoms. The minimum Gasteiger partial charge on any atom is -0.379 e. The van der Waals surface area contributed by atoms with E-state index in [1.165, 1.54) is 0 Å². The standard InChI is InChI=1S/C7H6ClFO3S2/c1-14(10,11)12-6-3-7(13)4(8)2-5(6)9/h2-3,13H,1H3. The van der Waals surface area contributed by atoms with Crippen LogP contribution in [0.1, 0.15) is 0 Å². The maximum Gasteiger partial charge on any atom is 0.306 e. The van der Waals surface area contributed by atoms with E-state index in [0.717, 1.165) is 18.4 Å². The molecule has 14 heavy (non-hydrogen) atoms. The molecule has 0 aliphatic carbocycles. The summed E-state index contributed by atoms with van der Waals surface area (Å²) >= 11 is 9.43. The molecule has 0 saturated heterocycles. The van der Waals surface area contributed by atoms with Crippen LogP contribution in [0.3, 0.4) is 0 Å². The molecule has 78 valence electrons. The molecule has 0 spiro atoms. The fraction of sp³-hybridized carbons (Fsp3) is 0.143. The molecular weight excluding hydrogens is 251 g/mol. The summed E-state index contributed by atoms with van der Waals surface area (Å²) in [5.74, 6) is -1.26. The van der Waals surface area contributed by atoms with Crippen molar-refractivity contribution in [2.24, 2.45) is 0 Å². The Morgan fingerprint density at radius 1 is 1.50 bits per heavy atom. The third-order valence-electron chi connectivity index (χ3n) is 1.24. The van der Waals surface area contributed by atoms with Crippen molar-refractivity contribution in [3.63, 3.8) is 0 Å². The number of halogens is 2. The van der Waals surface area contributed by atoms with Crippen molar-refractivity contribution in [2.45, 2.75) is 4.90 Å². The molecular formula is C7H6ClFO3S2. The van der Waals surface area contributed by atoms with Gasteiger partial charge in [-0.05, 0) is 12.1 Å². The van der Waals surface area contributed by atoms with Gasteiger partial charge in [0.25, 0.3) is 0 Å². The lowest BCUT2D eigenvalue weighted by atomic mass is 10.3. The highest BCUT2D eigenvalue weighted by molar-refractivity contribution is 7.86. The maximum atomic E-state index is 13.1. The van der Waals surface area contributed by atoms with E-state index >= 15 is 0 Å². The summed E-state index contributed by atoms with van der Waals surface area (Å²) in [6, 6.07) is 2.03. The zero-order valence-corrected chi connectivity index (χ0v) is 9.46. The molecule has 0 fully saturated rings. The number of hydrogen-bond donors (Lipinski definition) is 1. The van der Waals surface area contributed by atoms with Gasteiger partial charge in [-0.3, -0.25) is 0 Å². The largest absolute Gasteiger partial charge is 0.379 e. The normalized spacial score (nSPS) is 11.4. The molecule has 0 unspecified atom stereocenters. The van der Waals surface area contributed by atoms with Gasteiger partial charge < -0.3 is 4.18 Å². The quantitative estimate of drug-likeness (QED) is 0.651. The fourth-order valence-electron chi connectivity index (χ4n) is 0.745. The molecule has 1 aromatic rings. The Labute approximate surface area is 91.4 Å². The molecule has 0 saturated carbocycles. The van der Waals surface area contributed by atoms with Crippen LogP contribution in [0.2, 0.25) is 5.02 Å². The zero-order chi connectivity index (χ0) is 10.9. The molecule has 0 aliphatic heterocycles. The average Bonchev–Trinajstić information content (AvgIpc) is 1.97. The summed E-state index contributed by atoms with van der Waals surface area (Å²) in [4.78, 5) is 0.242. The Morgan fingerprint density at radius 3 is 2.57 bits per heavy atom. The van der Waals surface area contributed by atoms with Gasteiger partial charge in [0.15, 0.2) is 11.6 Å². The Hall–Kier alpha value is -0.460. The highest BCUT2D eigenvalue weighted by Crippen LogP contribution is 2.28. The zero-order valence-electron chi connectivity index (χ0n) is 6.99. The molecule has 0 atom stereocenters. The first-order valence-electron chi connectivity index (χ1n) is 3.37. The summed E-state index contributed by atoms with van der Waals surface area (Å²) < 4.78 is 38.8. The first-order chi connectivity index (χ1) is 6.29. The minimum atomic E-state index is -3.75. The van der Waals surface area contributed by atoms with Crippen molar-refractivity contribution >= 4 is 34.3 Å². The molecule has 0 amide bonds. The SMILES string of the molecule is CS(=O)(=O)Oc1cc(S)c(Cl)cc1F. The molecule has 0 radical (unpaired) electrons. The van der Waals surface area contributed by atoms with Crippen molar-refractivity contribution in [1.29, 1.82) is 0 Å². The van der Waals surface area contributed by atoms with Crippen LogP contribution in [0.15, 0.2) is 17.0 Å². The Bertz CT molecular complexity index is 458. The summed E-state index contributed by atoms with van der Waals surface area (Å²) in [6.45, 7) is 0. The van der Waals surface area contributed by atoms with Crippen LogP contribution in [0.25, 0.3) is 0 Å². The van der Waals surface area contributed by atoms with Gasteiger partial charge in [0.05, 0.1) is 11.3 Å². The van der Waals surface area contributed by atoms with E-state index in [1.54, 1.807) is 0 Å². The number of benzene rings is 1. The predicted molar refractivity (Wildman–Crippen MR) is 54.1 cm³/mol. The summed E-state index contributed by atoms with van der Waals surface area (Å²) in [5, 5.41) is 0.0895. The van der Waals surface area contributed by atoms with Crippen molar-refractivity contribution in [2.75, 3.05) is 6.26 Å². The van der Waals surface area contributed by atoms with E-state index in [9.17, 15) is 12.8 Å². The number of hydrogen-bond acceptors (Lipinski definition) is 4. The van der Waals surface area contributed by atoms with Gasteiger partial charge in [0.1, 0.15) is 0 Å². The Kier molecular flexibility index (Phi) is 3.28. The van der Waals surface area contributed by atoms with Gasteiger partial charge in [0, 0.05) is 4.90 Å². The van der Waals surface area contributed by atoms with Crippen molar-refractivity contribution in [3.05, 3.63) is 23.0 Å². The van der Waals surface area contributed by atoms with E-state index in [4.69, 9.17) is 11.6 Å². The lowest BCUT2D eigenvalue weighted by Crippen LogP contribution is -2.07. The van der Waals surface area contributed by atoms with E-state index < -0.39 is 21.7 Å². The van der Waals surface area contributed by atoms with Crippen LogP contribution < -0.4 is 4.18 Å². The van der Waals surface area contributed by atoms with Crippen LogP contribution >= 0.6 is 24.2 Å². The van der Waals surface area contributed by atoms with Crippen LogP contribution in [-0.4, -0.2) is 14.7 Å².